The Morgan fingerprint density at radius 1 is 0.685 bits per heavy atom. The number of hydrogen-bond donors (Lipinski definition) is 2. The fourth-order valence-electron chi connectivity index (χ4n) is 8.99. The first-order chi connectivity index (χ1) is 35.5. The molecule has 1 aliphatic rings. The summed E-state index contributed by atoms with van der Waals surface area (Å²) in [6.45, 7) is -0.0812. The lowest BCUT2D eigenvalue weighted by atomic mass is 10.1. The molecule has 10 aromatic rings. The summed E-state index contributed by atoms with van der Waals surface area (Å²) in [7, 11) is -2.64. The number of halogens is 1. The van der Waals surface area contributed by atoms with Gasteiger partial charge in [0, 0.05) is 41.5 Å². The summed E-state index contributed by atoms with van der Waals surface area (Å²) in [6, 6.07) is 51.6. The fourth-order valence-corrected chi connectivity index (χ4v) is 10.1. The summed E-state index contributed by atoms with van der Waals surface area (Å²) in [5.74, 6) is -1.52. The third kappa shape index (κ3) is 9.32. The number of hydrogen-bond acceptors (Lipinski definition) is 9. The van der Waals surface area contributed by atoms with Gasteiger partial charge in [0.1, 0.15) is 43.5 Å². The highest BCUT2D eigenvalue weighted by Gasteiger charge is 2.38. The van der Waals surface area contributed by atoms with Gasteiger partial charge in [-0.1, -0.05) is 97.1 Å². The van der Waals surface area contributed by atoms with Gasteiger partial charge in [-0.3, -0.25) is 18.7 Å². The van der Waals surface area contributed by atoms with Gasteiger partial charge in [-0.2, -0.15) is 13.4 Å². The molecule has 0 bridgehead atoms. The van der Waals surface area contributed by atoms with Gasteiger partial charge in [-0.25, -0.2) is 18.2 Å². The first kappa shape index (κ1) is 46.2. The quantitative estimate of drug-likeness (QED) is 0.102. The van der Waals surface area contributed by atoms with Gasteiger partial charge in [0.2, 0.25) is 17.7 Å². The Bertz CT molecular complexity index is 3940. The van der Waals surface area contributed by atoms with E-state index in [0.29, 0.717) is 44.6 Å². The molecule has 364 valence electrons. The maximum absolute atomic E-state index is 16.4. The van der Waals surface area contributed by atoms with Crippen LogP contribution in [-0.2, 0) is 53.1 Å². The molecule has 17 heteroatoms. The van der Waals surface area contributed by atoms with E-state index in [0.717, 1.165) is 38.8 Å². The van der Waals surface area contributed by atoms with Crippen molar-refractivity contribution in [3.8, 4) is 28.9 Å². The highest BCUT2D eigenvalue weighted by molar-refractivity contribution is 7.92. The summed E-state index contributed by atoms with van der Waals surface area (Å²) in [5, 5.41) is 4.19. The van der Waals surface area contributed by atoms with Crippen molar-refractivity contribution in [2.45, 2.75) is 26.2 Å². The minimum absolute atomic E-state index is 0.00333. The number of imidazole rings is 1. The third-order valence-electron chi connectivity index (χ3n) is 12.5. The molecule has 1 saturated heterocycles. The van der Waals surface area contributed by atoms with Crippen molar-refractivity contribution in [1.82, 2.24) is 23.4 Å². The predicted octanol–water partition coefficient (Wildman–Crippen LogP) is 9.06. The maximum Gasteiger partial charge on any atom is 0.333 e. The van der Waals surface area contributed by atoms with Crippen LogP contribution in [0.4, 0.5) is 15.8 Å². The van der Waals surface area contributed by atoms with Crippen LogP contribution in [0.25, 0.3) is 44.1 Å². The molecule has 4 heterocycles. The molecule has 0 saturated carbocycles. The van der Waals surface area contributed by atoms with Crippen molar-refractivity contribution in [3.05, 3.63) is 215 Å². The summed E-state index contributed by atoms with van der Waals surface area (Å²) in [6.07, 6.45) is 1.96. The van der Waals surface area contributed by atoms with Gasteiger partial charge in [0.25, 0.3) is 5.91 Å². The molecule has 15 nitrogen and oxygen atoms in total. The zero-order chi connectivity index (χ0) is 50.2. The number of carbonyl (C=O) groups is 2. The molecular weight excluding hydrogens is 950 g/mol. The van der Waals surface area contributed by atoms with Crippen molar-refractivity contribution >= 4 is 66.1 Å². The van der Waals surface area contributed by atoms with Crippen LogP contribution in [0.3, 0.4) is 0 Å². The largest absolute Gasteiger partial charge is 0.487 e. The van der Waals surface area contributed by atoms with Crippen molar-refractivity contribution in [2.24, 2.45) is 7.05 Å². The van der Waals surface area contributed by atoms with Gasteiger partial charge in [0.15, 0.2) is 5.82 Å². The van der Waals surface area contributed by atoms with Gasteiger partial charge in [-0.15, -0.1) is 0 Å². The summed E-state index contributed by atoms with van der Waals surface area (Å²) in [4.78, 5) is 44.6. The number of amides is 2. The lowest BCUT2D eigenvalue weighted by Gasteiger charge is -2.21. The first-order valence-electron chi connectivity index (χ1n) is 23.2. The smallest absolute Gasteiger partial charge is 0.333 e. The molecule has 11 rings (SSSR count). The minimum atomic E-state index is -4.37. The topological polar surface area (TPSA) is 168 Å². The standard InChI is InChI=1S/C56H44FN7O8S/c1-61-48-31-43(19-22-46(48)64(56(61)67)47-23-24-52(71-34-37-13-7-3-8-14-37)59-55(47)72-35-38-15-9-4-10-16-38)62-26-25-40-27-39(17-21-45(40)62)28-50(65)58-42-18-20-44-41(29-42)30-49(70-33-36-11-5-2-6-12-36)54(53(44)57)63-32-51(66)60-73(63,68)69/h2-27,29-31H,28,32-35H2,1H3,(H,58,65)(H,60,66). The van der Waals surface area contributed by atoms with Crippen molar-refractivity contribution in [2.75, 3.05) is 16.2 Å². The summed E-state index contributed by atoms with van der Waals surface area (Å²) in [5.41, 5.74) is 6.60. The Hall–Kier alpha value is -9.22. The molecule has 3 aromatic heterocycles. The number of ether oxygens (including phenoxy) is 3. The summed E-state index contributed by atoms with van der Waals surface area (Å²) >= 11 is 0. The van der Waals surface area contributed by atoms with Crippen molar-refractivity contribution < 1.29 is 36.6 Å². The summed E-state index contributed by atoms with van der Waals surface area (Å²) < 4.78 is 68.2. The molecule has 73 heavy (non-hydrogen) atoms. The SMILES string of the molecule is Cn1c(=O)n(-c2ccc(OCc3ccccc3)nc2OCc2ccccc2)c2ccc(-n3ccc4cc(CC(=O)Nc5ccc6c(F)c(N7CC(=O)NS7(=O)=O)c(OCc7ccccc7)cc6c5)ccc43)cc21. The van der Waals surface area contributed by atoms with E-state index in [4.69, 9.17) is 19.2 Å². The highest BCUT2D eigenvalue weighted by atomic mass is 32.2. The van der Waals surface area contributed by atoms with Crippen LogP contribution in [0.15, 0.2) is 181 Å². The number of benzene rings is 7. The lowest BCUT2D eigenvalue weighted by molar-refractivity contribution is -0.117. The van der Waals surface area contributed by atoms with E-state index in [1.54, 1.807) is 34.4 Å². The molecular formula is C56H44FN7O8S. The zero-order valence-electron chi connectivity index (χ0n) is 39.1. The normalized spacial score (nSPS) is 13.1. The number of nitrogens with zero attached hydrogens (tertiary/aromatic N) is 5. The fraction of sp³-hybridized carbons (Fsp3) is 0.107. The van der Waals surface area contributed by atoms with Gasteiger partial charge >= 0.3 is 15.9 Å². The predicted molar refractivity (Wildman–Crippen MR) is 276 cm³/mol. The van der Waals surface area contributed by atoms with Gasteiger partial charge in [0.05, 0.1) is 23.0 Å². The molecule has 1 fully saturated rings. The van der Waals surface area contributed by atoms with E-state index in [-0.39, 0.29) is 48.2 Å². The van der Waals surface area contributed by atoms with E-state index < -0.39 is 34.2 Å². The minimum Gasteiger partial charge on any atom is -0.487 e. The zero-order valence-corrected chi connectivity index (χ0v) is 39.9. The molecule has 2 amide bonds. The van der Waals surface area contributed by atoms with Gasteiger partial charge < -0.3 is 24.1 Å². The third-order valence-corrected chi connectivity index (χ3v) is 13.9. The number of anilines is 2. The van der Waals surface area contributed by atoms with E-state index >= 15 is 4.39 Å². The Balaban J connectivity index is 0.832. The van der Waals surface area contributed by atoms with Crippen LogP contribution in [0, 0.1) is 5.82 Å². The Morgan fingerprint density at radius 2 is 1.36 bits per heavy atom. The van der Waals surface area contributed by atoms with Crippen molar-refractivity contribution in [3.63, 3.8) is 0 Å². The molecule has 0 aliphatic carbocycles. The van der Waals surface area contributed by atoms with Crippen LogP contribution in [-0.4, -0.2) is 45.5 Å². The Labute approximate surface area is 417 Å². The lowest BCUT2D eigenvalue weighted by Crippen LogP contribution is -2.30. The maximum atomic E-state index is 16.4. The Morgan fingerprint density at radius 3 is 2.04 bits per heavy atom. The number of rotatable bonds is 15. The number of aryl methyl sites for hydroxylation is 1. The number of pyridine rings is 1. The van der Waals surface area contributed by atoms with Crippen molar-refractivity contribution in [1.29, 1.82) is 0 Å². The molecule has 0 spiro atoms. The molecule has 0 radical (unpaired) electrons. The number of carbonyl (C=O) groups excluding carboxylic acids is 2. The van der Waals surface area contributed by atoms with Crippen LogP contribution < -0.4 is 34.2 Å². The number of nitrogens with one attached hydrogen (secondary N) is 2. The van der Waals surface area contributed by atoms with Crippen LogP contribution >= 0.6 is 0 Å². The second kappa shape index (κ2) is 19.2. The van der Waals surface area contributed by atoms with Crippen LogP contribution in [0.2, 0.25) is 0 Å². The average Bonchev–Trinajstić information content (AvgIpc) is 4.03. The first-order valence-corrected chi connectivity index (χ1v) is 24.6. The highest BCUT2D eigenvalue weighted by Crippen LogP contribution is 2.40. The molecule has 0 atom stereocenters. The van der Waals surface area contributed by atoms with Crippen LogP contribution in [0.1, 0.15) is 22.3 Å². The van der Waals surface area contributed by atoms with E-state index in [1.807, 2.05) is 149 Å². The molecule has 2 N–H and O–H groups in total. The van der Waals surface area contributed by atoms with E-state index in [2.05, 4.69) is 5.32 Å². The average molecular weight is 994 g/mol. The van der Waals surface area contributed by atoms with Gasteiger partial charge in [-0.05, 0) is 94.4 Å². The number of fused-ring (bicyclic) bond motifs is 3. The molecule has 7 aromatic carbocycles. The number of aromatic nitrogens is 4. The van der Waals surface area contributed by atoms with Crippen LogP contribution in [0.5, 0.6) is 17.5 Å². The second-order valence-corrected chi connectivity index (χ2v) is 19.1. The molecule has 0 unspecified atom stereocenters. The monoisotopic (exact) mass is 993 g/mol. The molecule has 1 aliphatic heterocycles. The van der Waals surface area contributed by atoms with E-state index in [1.165, 1.54) is 18.2 Å². The van der Waals surface area contributed by atoms with E-state index in [9.17, 15) is 22.8 Å². The Kier molecular flexibility index (Phi) is 12.1. The second-order valence-electron chi connectivity index (χ2n) is 17.5.